The summed E-state index contributed by atoms with van der Waals surface area (Å²) in [6.45, 7) is 0. The molecule has 1 aromatic heterocycles. The Morgan fingerprint density at radius 1 is 1.38 bits per heavy atom. The summed E-state index contributed by atoms with van der Waals surface area (Å²) in [5, 5.41) is 1.90. The molecule has 2 aromatic rings. The maximum Gasteiger partial charge on any atom is 0.206 e. The molecule has 0 radical (unpaired) electrons. The number of halogens is 1. The first-order chi connectivity index (χ1) is 7.72. The smallest absolute Gasteiger partial charge is 0.206 e. The van der Waals surface area contributed by atoms with Gasteiger partial charge >= 0.3 is 0 Å². The van der Waals surface area contributed by atoms with Crippen LogP contribution in [0.5, 0.6) is 5.75 Å². The minimum atomic E-state index is 0.0189. The van der Waals surface area contributed by atoms with Crippen LogP contribution in [-0.4, -0.2) is 12.9 Å². The Balaban J connectivity index is 2.47. The van der Waals surface area contributed by atoms with Gasteiger partial charge in [0.05, 0.1) is 17.6 Å². The largest absolute Gasteiger partial charge is 0.496 e. The fourth-order valence-corrected chi connectivity index (χ4v) is 2.57. The highest BCUT2D eigenvalue weighted by Crippen LogP contribution is 2.25. The number of benzene rings is 1. The third kappa shape index (κ3) is 2.27. The monoisotopic (exact) mass is 344 g/mol. The summed E-state index contributed by atoms with van der Waals surface area (Å²) < 4.78 is 6.23. The van der Waals surface area contributed by atoms with E-state index in [2.05, 4.69) is 22.6 Å². The maximum atomic E-state index is 12.2. The summed E-state index contributed by atoms with van der Waals surface area (Å²) >= 11 is 3.63. The second kappa shape index (κ2) is 4.97. The van der Waals surface area contributed by atoms with Crippen LogP contribution in [0.1, 0.15) is 15.2 Å². The summed E-state index contributed by atoms with van der Waals surface area (Å²) in [5.41, 5.74) is 0.622. The van der Waals surface area contributed by atoms with Gasteiger partial charge in [-0.05, 0) is 52.2 Å². The number of carbonyl (C=O) groups is 1. The van der Waals surface area contributed by atoms with Crippen molar-refractivity contribution in [3.8, 4) is 5.75 Å². The highest BCUT2D eigenvalue weighted by atomic mass is 127. The first-order valence-electron chi connectivity index (χ1n) is 4.64. The third-order valence-corrected chi connectivity index (χ3v) is 3.69. The molecule has 0 N–H and O–H groups in total. The fraction of sp³-hybridized carbons (Fsp3) is 0.0833. The van der Waals surface area contributed by atoms with Crippen LogP contribution in [0, 0.1) is 3.57 Å². The van der Waals surface area contributed by atoms with E-state index in [-0.39, 0.29) is 5.78 Å². The van der Waals surface area contributed by atoms with E-state index in [0.29, 0.717) is 11.3 Å². The molecule has 0 aliphatic rings. The van der Waals surface area contributed by atoms with Gasteiger partial charge in [-0.15, -0.1) is 11.3 Å². The molecule has 0 aliphatic carbocycles. The molecule has 0 fully saturated rings. The van der Waals surface area contributed by atoms with E-state index in [1.165, 1.54) is 11.3 Å². The molecule has 0 bridgehead atoms. The number of thiophene rings is 1. The van der Waals surface area contributed by atoms with Crippen molar-refractivity contribution in [3.05, 3.63) is 49.7 Å². The van der Waals surface area contributed by atoms with Crippen LogP contribution in [0.4, 0.5) is 0 Å². The Hall–Kier alpha value is -0.880. The number of ketones is 1. The van der Waals surface area contributed by atoms with Crippen LogP contribution in [0.25, 0.3) is 0 Å². The van der Waals surface area contributed by atoms with Crippen molar-refractivity contribution in [3.63, 3.8) is 0 Å². The molecule has 0 unspecified atom stereocenters. The molecule has 0 amide bonds. The molecule has 0 atom stereocenters. The number of rotatable bonds is 3. The topological polar surface area (TPSA) is 26.3 Å². The maximum absolute atomic E-state index is 12.2. The molecule has 4 heteroatoms. The van der Waals surface area contributed by atoms with Crippen molar-refractivity contribution in [2.75, 3.05) is 7.11 Å². The van der Waals surface area contributed by atoms with Gasteiger partial charge in [-0.25, -0.2) is 0 Å². The Labute approximate surface area is 111 Å². The summed E-state index contributed by atoms with van der Waals surface area (Å²) in [6, 6.07) is 9.29. The second-order valence-corrected chi connectivity index (χ2v) is 5.34. The summed E-state index contributed by atoms with van der Waals surface area (Å²) in [4.78, 5) is 12.9. The first kappa shape index (κ1) is 11.6. The minimum absolute atomic E-state index is 0.0189. The van der Waals surface area contributed by atoms with Crippen molar-refractivity contribution >= 4 is 39.7 Å². The van der Waals surface area contributed by atoms with Gasteiger partial charge in [-0.3, -0.25) is 4.79 Å². The average Bonchev–Trinajstić information content (AvgIpc) is 2.81. The highest BCUT2D eigenvalue weighted by molar-refractivity contribution is 14.1. The zero-order valence-electron chi connectivity index (χ0n) is 8.57. The van der Waals surface area contributed by atoms with Gasteiger partial charge in [-0.2, -0.15) is 0 Å². The normalized spacial score (nSPS) is 10.1. The van der Waals surface area contributed by atoms with Crippen molar-refractivity contribution in [1.29, 1.82) is 0 Å². The van der Waals surface area contributed by atoms with Gasteiger partial charge in [0, 0.05) is 3.57 Å². The molecule has 2 rings (SSSR count). The Morgan fingerprint density at radius 3 is 2.81 bits per heavy atom. The third-order valence-electron chi connectivity index (χ3n) is 2.15. The number of carbonyl (C=O) groups excluding carboxylic acids is 1. The van der Waals surface area contributed by atoms with Gasteiger partial charge < -0.3 is 4.74 Å². The molecule has 16 heavy (non-hydrogen) atoms. The van der Waals surface area contributed by atoms with E-state index in [1.54, 1.807) is 7.11 Å². The molecular formula is C12H9IO2S. The van der Waals surface area contributed by atoms with Crippen LogP contribution >= 0.6 is 33.9 Å². The molecule has 0 saturated heterocycles. The summed E-state index contributed by atoms with van der Waals surface area (Å²) in [7, 11) is 1.58. The number of ether oxygens (including phenoxy) is 1. The second-order valence-electron chi connectivity index (χ2n) is 3.15. The lowest BCUT2D eigenvalue weighted by Gasteiger charge is -2.06. The Morgan fingerprint density at radius 2 is 2.19 bits per heavy atom. The molecule has 0 saturated carbocycles. The highest BCUT2D eigenvalue weighted by Gasteiger charge is 2.15. The van der Waals surface area contributed by atoms with E-state index in [0.717, 1.165) is 8.45 Å². The molecule has 1 aromatic carbocycles. The number of hydrogen-bond donors (Lipinski definition) is 0. The SMILES string of the molecule is COc1ccc(I)cc1C(=O)c1cccs1. The zero-order chi connectivity index (χ0) is 11.5. The molecule has 0 aliphatic heterocycles. The lowest BCUT2D eigenvalue weighted by molar-refractivity contribution is 0.103. The first-order valence-corrected chi connectivity index (χ1v) is 6.60. The van der Waals surface area contributed by atoms with E-state index >= 15 is 0 Å². The van der Waals surface area contributed by atoms with Crippen LogP contribution in [0.15, 0.2) is 35.7 Å². The quantitative estimate of drug-likeness (QED) is 0.628. The molecule has 0 spiro atoms. The lowest BCUT2D eigenvalue weighted by atomic mass is 10.1. The van der Waals surface area contributed by atoms with Crippen molar-refractivity contribution < 1.29 is 9.53 Å². The predicted octanol–water partition coefficient (Wildman–Crippen LogP) is 3.59. The van der Waals surface area contributed by atoms with E-state index < -0.39 is 0 Å². The van der Waals surface area contributed by atoms with Gasteiger partial charge in [-0.1, -0.05) is 6.07 Å². The van der Waals surface area contributed by atoms with E-state index in [4.69, 9.17) is 4.74 Å². The number of hydrogen-bond acceptors (Lipinski definition) is 3. The van der Waals surface area contributed by atoms with E-state index in [9.17, 15) is 4.79 Å². The summed E-state index contributed by atoms with van der Waals surface area (Å²) in [5.74, 6) is 0.643. The molecule has 1 heterocycles. The van der Waals surface area contributed by atoms with Crippen LogP contribution in [0.3, 0.4) is 0 Å². The molecule has 2 nitrogen and oxygen atoms in total. The minimum Gasteiger partial charge on any atom is -0.496 e. The summed E-state index contributed by atoms with van der Waals surface area (Å²) in [6.07, 6.45) is 0. The van der Waals surface area contributed by atoms with Gasteiger partial charge in [0.2, 0.25) is 5.78 Å². The van der Waals surface area contributed by atoms with Crippen LogP contribution in [-0.2, 0) is 0 Å². The zero-order valence-corrected chi connectivity index (χ0v) is 11.5. The van der Waals surface area contributed by atoms with Crippen molar-refractivity contribution in [1.82, 2.24) is 0 Å². The lowest BCUT2D eigenvalue weighted by Crippen LogP contribution is -2.02. The van der Waals surface area contributed by atoms with Gasteiger partial charge in [0.15, 0.2) is 0 Å². The standard InChI is InChI=1S/C12H9IO2S/c1-15-10-5-4-8(13)7-9(10)12(14)11-3-2-6-16-11/h2-7H,1H3. The molecular weight excluding hydrogens is 335 g/mol. The predicted molar refractivity (Wildman–Crippen MR) is 73.5 cm³/mol. The Kier molecular flexibility index (Phi) is 3.60. The van der Waals surface area contributed by atoms with Crippen LogP contribution < -0.4 is 4.74 Å². The Bertz CT molecular complexity index is 506. The van der Waals surface area contributed by atoms with Gasteiger partial charge in [0.1, 0.15) is 5.75 Å². The van der Waals surface area contributed by atoms with Crippen LogP contribution in [0.2, 0.25) is 0 Å². The van der Waals surface area contributed by atoms with E-state index in [1.807, 2.05) is 35.7 Å². The van der Waals surface area contributed by atoms with Crippen molar-refractivity contribution in [2.24, 2.45) is 0 Å². The fourth-order valence-electron chi connectivity index (χ4n) is 1.40. The average molecular weight is 344 g/mol. The van der Waals surface area contributed by atoms with Gasteiger partial charge in [0.25, 0.3) is 0 Å². The molecule has 82 valence electrons. The van der Waals surface area contributed by atoms with Crippen molar-refractivity contribution in [2.45, 2.75) is 0 Å². The number of methoxy groups -OCH3 is 1.